The normalized spacial score (nSPS) is 19.7. The average Bonchev–Trinajstić information content (AvgIpc) is 2.24. The van der Waals surface area contributed by atoms with Crippen LogP contribution < -0.4 is 5.73 Å². The van der Waals surface area contributed by atoms with E-state index in [2.05, 4.69) is 0 Å². The number of rotatable bonds is 2. The molecule has 0 radical (unpaired) electrons. The molecule has 1 aromatic carbocycles. The summed E-state index contributed by atoms with van der Waals surface area (Å²) in [7, 11) is 0. The molecule has 2 rings (SSSR count). The van der Waals surface area contributed by atoms with Crippen LogP contribution in [0.3, 0.4) is 0 Å². The number of hydrogen-bond donors (Lipinski definition) is 1. The summed E-state index contributed by atoms with van der Waals surface area (Å²) in [5.74, 6) is -1.63. The van der Waals surface area contributed by atoms with Crippen LogP contribution in [0, 0.1) is 11.6 Å². The molecule has 0 bridgehead atoms. The summed E-state index contributed by atoms with van der Waals surface area (Å²) >= 11 is 0. The molecule has 1 fully saturated rings. The molecule has 2 nitrogen and oxygen atoms in total. The third kappa shape index (κ3) is 2.57. The Bertz CT molecular complexity index is 375. The van der Waals surface area contributed by atoms with Gasteiger partial charge in [-0.15, -0.1) is 0 Å². The number of nitrogens with two attached hydrogens (primary N) is 1. The number of hydrogen-bond acceptors (Lipinski definition) is 2. The standard InChI is InChI=1S/C12H15F2NO/c13-10-2-1-9(7-11(10)14)8-12(15)3-5-16-6-4-12/h1-2,7H,3-6,8,15H2. The van der Waals surface area contributed by atoms with Crippen LogP contribution in [-0.4, -0.2) is 18.8 Å². The van der Waals surface area contributed by atoms with Crippen molar-refractivity contribution in [1.29, 1.82) is 0 Å². The minimum atomic E-state index is -0.818. The van der Waals surface area contributed by atoms with Crippen molar-refractivity contribution in [2.75, 3.05) is 13.2 Å². The topological polar surface area (TPSA) is 35.2 Å². The maximum atomic E-state index is 13.0. The van der Waals surface area contributed by atoms with Crippen molar-refractivity contribution < 1.29 is 13.5 Å². The van der Waals surface area contributed by atoms with Crippen LogP contribution in [0.15, 0.2) is 18.2 Å². The third-order valence-corrected chi connectivity index (χ3v) is 3.03. The lowest BCUT2D eigenvalue weighted by molar-refractivity contribution is 0.0533. The smallest absolute Gasteiger partial charge is 0.159 e. The van der Waals surface area contributed by atoms with Gasteiger partial charge in [-0.2, -0.15) is 0 Å². The fourth-order valence-corrected chi connectivity index (χ4v) is 2.01. The molecular formula is C12H15F2NO. The van der Waals surface area contributed by atoms with Gasteiger partial charge in [0.05, 0.1) is 0 Å². The summed E-state index contributed by atoms with van der Waals surface area (Å²) in [5, 5.41) is 0. The molecular weight excluding hydrogens is 212 g/mol. The van der Waals surface area contributed by atoms with Gasteiger partial charge in [-0.3, -0.25) is 0 Å². The Morgan fingerprint density at radius 3 is 2.50 bits per heavy atom. The summed E-state index contributed by atoms with van der Waals surface area (Å²) in [4.78, 5) is 0. The van der Waals surface area contributed by atoms with Gasteiger partial charge in [-0.25, -0.2) is 8.78 Å². The van der Waals surface area contributed by atoms with Crippen molar-refractivity contribution in [2.45, 2.75) is 24.8 Å². The van der Waals surface area contributed by atoms with Crippen molar-refractivity contribution in [3.63, 3.8) is 0 Å². The van der Waals surface area contributed by atoms with Crippen LogP contribution in [-0.2, 0) is 11.2 Å². The monoisotopic (exact) mass is 227 g/mol. The first kappa shape index (κ1) is 11.5. The fourth-order valence-electron chi connectivity index (χ4n) is 2.01. The van der Waals surface area contributed by atoms with E-state index in [0.29, 0.717) is 19.6 Å². The molecule has 2 N–H and O–H groups in total. The molecule has 88 valence electrons. The highest BCUT2D eigenvalue weighted by molar-refractivity contribution is 5.20. The van der Waals surface area contributed by atoms with E-state index >= 15 is 0 Å². The lowest BCUT2D eigenvalue weighted by Gasteiger charge is -2.33. The first-order valence-electron chi connectivity index (χ1n) is 5.40. The Labute approximate surface area is 93.4 Å². The van der Waals surface area contributed by atoms with E-state index in [1.54, 1.807) is 6.07 Å². The first-order valence-corrected chi connectivity index (χ1v) is 5.40. The lowest BCUT2D eigenvalue weighted by atomic mass is 9.85. The second-order valence-corrected chi connectivity index (χ2v) is 4.40. The first-order chi connectivity index (χ1) is 7.59. The van der Waals surface area contributed by atoms with Crippen LogP contribution in [0.1, 0.15) is 18.4 Å². The minimum absolute atomic E-state index is 0.345. The van der Waals surface area contributed by atoms with Crippen molar-refractivity contribution in [3.05, 3.63) is 35.4 Å². The van der Waals surface area contributed by atoms with Gasteiger partial charge in [0.15, 0.2) is 11.6 Å². The van der Waals surface area contributed by atoms with Crippen LogP contribution in [0.4, 0.5) is 8.78 Å². The van der Waals surface area contributed by atoms with E-state index in [4.69, 9.17) is 10.5 Å². The zero-order valence-electron chi connectivity index (χ0n) is 9.01. The minimum Gasteiger partial charge on any atom is -0.381 e. The highest BCUT2D eigenvalue weighted by Gasteiger charge is 2.28. The Hall–Kier alpha value is -1.00. The van der Waals surface area contributed by atoms with Crippen LogP contribution >= 0.6 is 0 Å². The summed E-state index contributed by atoms with van der Waals surface area (Å²) in [5.41, 5.74) is 6.58. The Kier molecular flexibility index (Phi) is 3.21. The largest absolute Gasteiger partial charge is 0.381 e. The van der Waals surface area contributed by atoms with Crippen molar-refractivity contribution in [3.8, 4) is 0 Å². The molecule has 4 heteroatoms. The van der Waals surface area contributed by atoms with Gasteiger partial charge < -0.3 is 10.5 Å². The predicted octanol–water partition coefficient (Wildman–Crippen LogP) is 2.02. The maximum Gasteiger partial charge on any atom is 0.159 e. The molecule has 1 aliphatic rings. The van der Waals surface area contributed by atoms with Gasteiger partial charge >= 0.3 is 0 Å². The van der Waals surface area contributed by atoms with Gasteiger partial charge in [0, 0.05) is 18.8 Å². The van der Waals surface area contributed by atoms with E-state index in [1.165, 1.54) is 6.07 Å². The molecule has 16 heavy (non-hydrogen) atoms. The van der Waals surface area contributed by atoms with Crippen LogP contribution in [0.5, 0.6) is 0 Å². The summed E-state index contributed by atoms with van der Waals surface area (Å²) in [6.07, 6.45) is 2.07. The molecule has 0 atom stereocenters. The van der Waals surface area contributed by atoms with E-state index < -0.39 is 11.6 Å². The Morgan fingerprint density at radius 1 is 1.19 bits per heavy atom. The summed E-state index contributed by atoms with van der Waals surface area (Å²) in [6.45, 7) is 1.28. The average molecular weight is 227 g/mol. The lowest BCUT2D eigenvalue weighted by Crippen LogP contribution is -2.46. The molecule has 0 saturated carbocycles. The molecule has 1 aromatic rings. The molecule has 0 unspecified atom stereocenters. The second-order valence-electron chi connectivity index (χ2n) is 4.40. The second kappa shape index (κ2) is 4.47. The maximum absolute atomic E-state index is 13.0. The molecule has 0 aromatic heterocycles. The molecule has 1 aliphatic heterocycles. The molecule has 0 spiro atoms. The van der Waals surface area contributed by atoms with E-state index in [-0.39, 0.29) is 5.54 Å². The van der Waals surface area contributed by atoms with Gasteiger partial charge in [0.25, 0.3) is 0 Å². The number of halogens is 2. The predicted molar refractivity (Wildman–Crippen MR) is 57.0 cm³/mol. The van der Waals surface area contributed by atoms with Crippen LogP contribution in [0.25, 0.3) is 0 Å². The molecule has 0 aliphatic carbocycles. The Morgan fingerprint density at radius 2 is 1.88 bits per heavy atom. The molecule has 1 saturated heterocycles. The highest BCUT2D eigenvalue weighted by Crippen LogP contribution is 2.23. The van der Waals surface area contributed by atoms with Gasteiger partial charge in [0.2, 0.25) is 0 Å². The number of benzene rings is 1. The van der Waals surface area contributed by atoms with Crippen molar-refractivity contribution in [2.24, 2.45) is 5.73 Å². The Balaban J connectivity index is 2.10. The quantitative estimate of drug-likeness (QED) is 0.838. The van der Waals surface area contributed by atoms with Crippen LogP contribution in [0.2, 0.25) is 0 Å². The number of ether oxygens (including phenoxy) is 1. The van der Waals surface area contributed by atoms with Gasteiger partial charge in [-0.05, 0) is 37.0 Å². The SMILES string of the molecule is NC1(Cc2ccc(F)c(F)c2)CCOCC1. The molecule has 1 heterocycles. The van der Waals surface area contributed by atoms with E-state index in [9.17, 15) is 8.78 Å². The zero-order chi connectivity index (χ0) is 11.6. The fraction of sp³-hybridized carbons (Fsp3) is 0.500. The zero-order valence-corrected chi connectivity index (χ0v) is 9.01. The van der Waals surface area contributed by atoms with E-state index in [0.717, 1.165) is 24.5 Å². The van der Waals surface area contributed by atoms with Crippen molar-refractivity contribution in [1.82, 2.24) is 0 Å². The third-order valence-electron chi connectivity index (χ3n) is 3.03. The molecule has 0 amide bonds. The van der Waals surface area contributed by atoms with Gasteiger partial charge in [0.1, 0.15) is 0 Å². The summed E-state index contributed by atoms with van der Waals surface area (Å²) < 4.78 is 31.0. The summed E-state index contributed by atoms with van der Waals surface area (Å²) in [6, 6.07) is 3.95. The van der Waals surface area contributed by atoms with E-state index in [1.807, 2.05) is 0 Å². The van der Waals surface area contributed by atoms with Crippen molar-refractivity contribution >= 4 is 0 Å². The van der Waals surface area contributed by atoms with Gasteiger partial charge in [-0.1, -0.05) is 6.07 Å². The highest BCUT2D eigenvalue weighted by atomic mass is 19.2.